The van der Waals surface area contributed by atoms with E-state index in [0.717, 1.165) is 16.9 Å². The fourth-order valence-electron chi connectivity index (χ4n) is 2.99. The number of hydrogen-bond donors (Lipinski definition) is 0. The Morgan fingerprint density at radius 1 is 1.04 bits per heavy atom. The first kappa shape index (κ1) is 16.5. The molecule has 0 aliphatic rings. The first-order valence-electron chi connectivity index (χ1n) is 8.44. The smallest absolute Gasteiger partial charge is 0.141 e. The van der Waals surface area contributed by atoms with Crippen LogP contribution in [0.5, 0.6) is 0 Å². The molecule has 0 spiro atoms. The third-order valence-corrected chi connectivity index (χ3v) is 4.63. The summed E-state index contributed by atoms with van der Waals surface area (Å²) in [6.07, 6.45) is 2.24. The minimum Gasteiger partial charge on any atom is -0.327 e. The minimum atomic E-state index is -0.0308. The van der Waals surface area contributed by atoms with E-state index in [1.807, 2.05) is 6.92 Å². The number of pyridine rings is 1. The summed E-state index contributed by atoms with van der Waals surface area (Å²) in [4.78, 5) is 4.89. The highest BCUT2D eigenvalue weighted by Gasteiger charge is 2.20. The average molecular weight is 318 g/mol. The van der Waals surface area contributed by atoms with Crippen molar-refractivity contribution >= 4 is 16.6 Å². The molecule has 0 N–H and O–H groups in total. The van der Waals surface area contributed by atoms with Crippen LogP contribution in [0.1, 0.15) is 44.5 Å². The molecule has 0 saturated carbocycles. The average Bonchev–Trinajstić information content (AvgIpc) is 2.88. The molecule has 124 valence electrons. The van der Waals surface area contributed by atoms with Crippen molar-refractivity contribution in [2.75, 3.05) is 0 Å². The highest BCUT2D eigenvalue weighted by molar-refractivity contribution is 5.95. The Balaban J connectivity index is 2.33. The Bertz CT molecular complexity index is 936. The van der Waals surface area contributed by atoms with Gasteiger partial charge in [0.2, 0.25) is 0 Å². The van der Waals surface area contributed by atoms with Gasteiger partial charge in [-0.15, -0.1) is 0 Å². The summed E-state index contributed by atoms with van der Waals surface area (Å²) in [5.41, 5.74) is 8.06. The Hall–Kier alpha value is -2.35. The summed E-state index contributed by atoms with van der Waals surface area (Å²) >= 11 is 0. The fraction of sp³-hybridized carbons (Fsp3) is 0.318. The maximum Gasteiger partial charge on any atom is 0.141 e. The van der Waals surface area contributed by atoms with Crippen LogP contribution in [0.15, 0.2) is 43.1 Å². The van der Waals surface area contributed by atoms with E-state index in [9.17, 15) is 0 Å². The number of aryl methyl sites for hydroxylation is 2. The summed E-state index contributed by atoms with van der Waals surface area (Å²) in [5, 5.41) is 1.19. The van der Waals surface area contributed by atoms with Gasteiger partial charge in [0.15, 0.2) is 0 Å². The van der Waals surface area contributed by atoms with Crippen molar-refractivity contribution in [1.29, 1.82) is 0 Å². The van der Waals surface area contributed by atoms with Gasteiger partial charge >= 0.3 is 0 Å². The second-order valence-electron chi connectivity index (χ2n) is 7.73. The van der Waals surface area contributed by atoms with Gasteiger partial charge in [-0.05, 0) is 75.9 Å². The molecular formula is C22H26N2. The number of hydrogen-bond acceptors (Lipinski definition) is 1. The fourth-order valence-corrected chi connectivity index (χ4v) is 2.99. The van der Waals surface area contributed by atoms with Crippen molar-refractivity contribution in [2.45, 2.75) is 47.1 Å². The molecule has 2 aromatic heterocycles. The Morgan fingerprint density at radius 3 is 2.33 bits per heavy atom. The Labute approximate surface area is 144 Å². The van der Waals surface area contributed by atoms with Gasteiger partial charge in [-0.1, -0.05) is 24.8 Å². The number of benzene rings is 1. The third kappa shape index (κ3) is 2.77. The zero-order valence-corrected chi connectivity index (χ0v) is 15.6. The first-order chi connectivity index (χ1) is 11.2. The van der Waals surface area contributed by atoms with Gasteiger partial charge in [0.1, 0.15) is 5.65 Å². The maximum absolute atomic E-state index is 4.89. The SMILES string of the molecule is C=C(C)c1ccc2c(-c3ccc(C)c(C)c3)cn(C(C)(C)C)c2n1. The molecule has 3 rings (SSSR count). The molecule has 2 heterocycles. The van der Waals surface area contributed by atoms with Gasteiger partial charge < -0.3 is 4.57 Å². The molecule has 0 atom stereocenters. The van der Waals surface area contributed by atoms with E-state index in [0.29, 0.717) is 0 Å². The quantitative estimate of drug-likeness (QED) is 0.557. The summed E-state index contributed by atoms with van der Waals surface area (Å²) in [6.45, 7) is 17.0. The zero-order valence-electron chi connectivity index (χ0n) is 15.6. The molecule has 0 aliphatic carbocycles. The van der Waals surface area contributed by atoms with Crippen LogP contribution in [-0.2, 0) is 5.54 Å². The first-order valence-corrected chi connectivity index (χ1v) is 8.44. The number of rotatable bonds is 2. The lowest BCUT2D eigenvalue weighted by Crippen LogP contribution is -2.21. The van der Waals surface area contributed by atoms with Gasteiger partial charge in [-0.3, -0.25) is 0 Å². The molecule has 0 bridgehead atoms. The standard InChI is InChI=1S/C22H26N2/c1-14(2)20-11-10-18-19(17-9-8-15(3)16(4)12-17)13-24(21(18)23-20)22(5,6)7/h8-13H,1H2,2-7H3. The number of nitrogens with zero attached hydrogens (tertiary/aromatic N) is 2. The lowest BCUT2D eigenvalue weighted by molar-refractivity contribution is 0.409. The van der Waals surface area contributed by atoms with Gasteiger partial charge in [-0.25, -0.2) is 4.98 Å². The molecule has 1 aromatic carbocycles. The largest absolute Gasteiger partial charge is 0.327 e. The highest BCUT2D eigenvalue weighted by Crippen LogP contribution is 2.34. The van der Waals surface area contributed by atoms with Crippen molar-refractivity contribution in [3.05, 3.63) is 59.9 Å². The molecule has 0 fully saturated rings. The van der Waals surface area contributed by atoms with E-state index in [1.165, 1.54) is 27.6 Å². The molecule has 3 aromatic rings. The summed E-state index contributed by atoms with van der Waals surface area (Å²) < 4.78 is 2.28. The molecular weight excluding hydrogens is 292 g/mol. The minimum absolute atomic E-state index is 0.0308. The van der Waals surface area contributed by atoms with Crippen LogP contribution in [0, 0.1) is 13.8 Å². The van der Waals surface area contributed by atoms with Crippen LogP contribution < -0.4 is 0 Å². The third-order valence-electron chi connectivity index (χ3n) is 4.63. The normalized spacial score (nSPS) is 11.9. The van der Waals surface area contributed by atoms with Crippen LogP contribution in [0.2, 0.25) is 0 Å². The van der Waals surface area contributed by atoms with Crippen molar-refractivity contribution < 1.29 is 0 Å². The monoisotopic (exact) mass is 318 g/mol. The maximum atomic E-state index is 4.89. The predicted molar refractivity (Wildman–Crippen MR) is 104 cm³/mol. The van der Waals surface area contributed by atoms with Crippen molar-refractivity contribution in [2.24, 2.45) is 0 Å². The van der Waals surface area contributed by atoms with Crippen LogP contribution in [0.25, 0.3) is 27.7 Å². The lowest BCUT2D eigenvalue weighted by atomic mass is 10.0. The summed E-state index contributed by atoms with van der Waals surface area (Å²) in [5.74, 6) is 0. The number of aromatic nitrogens is 2. The molecule has 0 aliphatic heterocycles. The highest BCUT2D eigenvalue weighted by atomic mass is 15.1. The van der Waals surface area contributed by atoms with E-state index < -0.39 is 0 Å². The summed E-state index contributed by atoms with van der Waals surface area (Å²) in [7, 11) is 0. The molecule has 0 unspecified atom stereocenters. The Kier molecular flexibility index (Phi) is 3.87. The van der Waals surface area contributed by atoms with Crippen molar-refractivity contribution in [3.8, 4) is 11.1 Å². The topological polar surface area (TPSA) is 17.8 Å². The van der Waals surface area contributed by atoms with Crippen LogP contribution >= 0.6 is 0 Å². The van der Waals surface area contributed by atoms with Crippen LogP contribution in [0.4, 0.5) is 0 Å². The van der Waals surface area contributed by atoms with Gasteiger partial charge in [0.25, 0.3) is 0 Å². The van der Waals surface area contributed by atoms with Crippen molar-refractivity contribution in [3.63, 3.8) is 0 Å². The molecule has 2 heteroatoms. The molecule has 0 radical (unpaired) electrons. The molecule has 2 nitrogen and oxygen atoms in total. The van der Waals surface area contributed by atoms with Gasteiger partial charge in [-0.2, -0.15) is 0 Å². The van der Waals surface area contributed by atoms with Crippen LogP contribution in [-0.4, -0.2) is 9.55 Å². The van der Waals surface area contributed by atoms with E-state index in [4.69, 9.17) is 4.98 Å². The van der Waals surface area contributed by atoms with Crippen molar-refractivity contribution in [1.82, 2.24) is 9.55 Å². The van der Waals surface area contributed by atoms with Crippen LogP contribution in [0.3, 0.4) is 0 Å². The number of fused-ring (bicyclic) bond motifs is 1. The number of allylic oxidation sites excluding steroid dienone is 1. The predicted octanol–water partition coefficient (Wildman–Crippen LogP) is 6.11. The Morgan fingerprint density at radius 2 is 1.75 bits per heavy atom. The second kappa shape index (κ2) is 5.62. The van der Waals surface area contributed by atoms with E-state index >= 15 is 0 Å². The van der Waals surface area contributed by atoms with E-state index in [1.54, 1.807) is 0 Å². The molecule has 0 saturated heterocycles. The molecule has 24 heavy (non-hydrogen) atoms. The second-order valence-corrected chi connectivity index (χ2v) is 7.73. The van der Waals surface area contributed by atoms with Gasteiger partial charge in [0.05, 0.1) is 5.69 Å². The molecule has 0 amide bonds. The summed E-state index contributed by atoms with van der Waals surface area (Å²) in [6, 6.07) is 10.9. The van der Waals surface area contributed by atoms with E-state index in [2.05, 4.69) is 82.3 Å². The van der Waals surface area contributed by atoms with E-state index in [-0.39, 0.29) is 5.54 Å². The zero-order chi connectivity index (χ0) is 17.6. The lowest BCUT2D eigenvalue weighted by Gasteiger charge is -2.22. The van der Waals surface area contributed by atoms with Gasteiger partial charge in [0, 0.05) is 22.7 Å².